The fourth-order valence-electron chi connectivity index (χ4n) is 3.11. The van der Waals surface area contributed by atoms with Crippen LogP contribution in [0.4, 0.5) is 13.2 Å². The van der Waals surface area contributed by atoms with Gasteiger partial charge < -0.3 is 14.6 Å². The lowest BCUT2D eigenvalue weighted by Crippen LogP contribution is -2.51. The van der Waals surface area contributed by atoms with Crippen molar-refractivity contribution in [3.05, 3.63) is 40.4 Å². The van der Waals surface area contributed by atoms with Gasteiger partial charge in [-0.15, -0.1) is 0 Å². The summed E-state index contributed by atoms with van der Waals surface area (Å²) < 4.78 is 48.1. The van der Waals surface area contributed by atoms with Crippen molar-refractivity contribution >= 4 is 17.5 Å². The molecule has 0 bridgehead atoms. The van der Waals surface area contributed by atoms with Crippen molar-refractivity contribution in [2.75, 3.05) is 14.2 Å². The van der Waals surface area contributed by atoms with Gasteiger partial charge in [0, 0.05) is 30.7 Å². The molecule has 0 aromatic carbocycles. The number of alkyl halides is 3. The number of halogens is 3. The van der Waals surface area contributed by atoms with Gasteiger partial charge in [0.2, 0.25) is 11.4 Å². The normalized spacial score (nSPS) is 23.0. The monoisotopic (exact) mass is 401 g/mol. The third-order valence-electron chi connectivity index (χ3n) is 4.62. The molecule has 2 atom stereocenters. The van der Waals surface area contributed by atoms with E-state index < -0.39 is 52.3 Å². The maximum absolute atomic E-state index is 12.9. The zero-order chi connectivity index (χ0) is 21.4. The summed E-state index contributed by atoms with van der Waals surface area (Å²) in [5.41, 5.74) is -4.61. The van der Waals surface area contributed by atoms with Crippen LogP contribution in [0.15, 0.2) is 23.5 Å². The van der Waals surface area contributed by atoms with Crippen molar-refractivity contribution in [2.45, 2.75) is 32.0 Å². The van der Waals surface area contributed by atoms with Crippen LogP contribution in [0.1, 0.15) is 35.1 Å². The largest absolute Gasteiger partial charge is 0.508 e. The number of carbonyl (C=O) groups is 3. The van der Waals surface area contributed by atoms with Gasteiger partial charge in [-0.3, -0.25) is 9.59 Å². The van der Waals surface area contributed by atoms with Gasteiger partial charge in [0.15, 0.2) is 11.5 Å². The van der Waals surface area contributed by atoms with Crippen LogP contribution in [0.5, 0.6) is 0 Å². The lowest BCUT2D eigenvalue weighted by atomic mass is 9.75. The molecule has 1 N–H and O–H groups in total. The van der Waals surface area contributed by atoms with Crippen molar-refractivity contribution in [3.8, 4) is 0 Å². The number of pyridine rings is 1. The van der Waals surface area contributed by atoms with Gasteiger partial charge in [-0.05, 0) is 19.1 Å². The molecule has 1 aliphatic carbocycles. The van der Waals surface area contributed by atoms with Crippen LogP contribution in [0.2, 0.25) is 0 Å². The van der Waals surface area contributed by atoms with Crippen molar-refractivity contribution in [2.24, 2.45) is 5.92 Å². The van der Waals surface area contributed by atoms with Crippen molar-refractivity contribution in [3.63, 3.8) is 0 Å². The van der Waals surface area contributed by atoms with E-state index in [4.69, 9.17) is 4.74 Å². The van der Waals surface area contributed by atoms with Crippen LogP contribution in [0.25, 0.3) is 0 Å². The number of rotatable bonds is 4. The lowest BCUT2D eigenvalue weighted by Gasteiger charge is -2.35. The Morgan fingerprint density at radius 3 is 2.36 bits per heavy atom. The standard InChI is InChI=1S/C18H18F3NO6/c1-8-7-17(28-4,16(26)27-3)15(25)12(13(8)23)14(24)10-5-6-11(18(19,20)21)22-9(10)2/h5-6,8,25H,7H2,1-4H3. The number of ketones is 2. The fraction of sp³-hybridized carbons (Fsp3) is 0.444. The number of methoxy groups -OCH3 is 2. The number of allylic oxidation sites excluding steroid dienone is 1. The Balaban J connectivity index is 2.65. The minimum absolute atomic E-state index is 0.262. The van der Waals surface area contributed by atoms with E-state index in [0.717, 1.165) is 20.3 Å². The first-order valence-corrected chi connectivity index (χ1v) is 8.11. The van der Waals surface area contributed by atoms with Crippen LogP contribution >= 0.6 is 0 Å². The molecule has 0 radical (unpaired) electrons. The Labute approximate surface area is 158 Å². The Kier molecular flexibility index (Phi) is 5.65. The van der Waals surface area contributed by atoms with Gasteiger partial charge in [-0.2, -0.15) is 13.2 Å². The zero-order valence-corrected chi connectivity index (χ0v) is 15.5. The SMILES string of the molecule is COC(=O)C1(OC)CC(C)C(=O)C(C(=O)c2ccc(C(F)(F)F)nc2C)=C1O. The van der Waals surface area contributed by atoms with Gasteiger partial charge >= 0.3 is 12.1 Å². The highest BCUT2D eigenvalue weighted by Gasteiger charge is 2.53. The third-order valence-corrected chi connectivity index (χ3v) is 4.62. The minimum Gasteiger partial charge on any atom is -0.508 e. The van der Waals surface area contributed by atoms with Gasteiger partial charge in [0.1, 0.15) is 11.3 Å². The molecule has 0 saturated carbocycles. The average molecular weight is 401 g/mol. The maximum Gasteiger partial charge on any atom is 0.433 e. The van der Waals surface area contributed by atoms with Crippen LogP contribution in [-0.4, -0.2) is 47.4 Å². The van der Waals surface area contributed by atoms with E-state index in [2.05, 4.69) is 9.72 Å². The lowest BCUT2D eigenvalue weighted by molar-refractivity contribution is -0.168. The molecule has 0 fully saturated rings. The number of aromatic nitrogens is 1. The molecular weight excluding hydrogens is 383 g/mol. The molecule has 1 heterocycles. The second-order valence-electron chi connectivity index (χ2n) is 6.37. The number of ether oxygens (including phenoxy) is 2. The van der Waals surface area contributed by atoms with Crippen molar-refractivity contribution in [1.29, 1.82) is 0 Å². The molecule has 1 aromatic heterocycles. The van der Waals surface area contributed by atoms with E-state index in [1.165, 1.54) is 13.8 Å². The molecule has 0 amide bonds. The summed E-state index contributed by atoms with van der Waals surface area (Å²) in [6, 6.07) is 1.46. The van der Waals surface area contributed by atoms with E-state index in [1.54, 1.807) is 0 Å². The highest BCUT2D eigenvalue weighted by molar-refractivity contribution is 6.28. The van der Waals surface area contributed by atoms with Gasteiger partial charge in [-0.25, -0.2) is 9.78 Å². The number of aryl methyl sites for hydroxylation is 1. The summed E-state index contributed by atoms with van der Waals surface area (Å²) in [6.45, 7) is 2.59. The van der Waals surface area contributed by atoms with E-state index in [0.29, 0.717) is 6.07 Å². The fourth-order valence-corrected chi connectivity index (χ4v) is 3.11. The summed E-state index contributed by atoms with van der Waals surface area (Å²) in [7, 11) is 2.14. The Morgan fingerprint density at radius 2 is 1.89 bits per heavy atom. The summed E-state index contributed by atoms with van der Waals surface area (Å²) in [5, 5.41) is 10.6. The smallest absolute Gasteiger partial charge is 0.433 e. The Hall–Kier alpha value is -2.75. The molecule has 152 valence electrons. The summed E-state index contributed by atoms with van der Waals surface area (Å²) >= 11 is 0. The van der Waals surface area contributed by atoms with E-state index in [1.807, 2.05) is 0 Å². The average Bonchev–Trinajstić information content (AvgIpc) is 2.63. The quantitative estimate of drug-likeness (QED) is 0.470. The summed E-state index contributed by atoms with van der Waals surface area (Å²) in [6.07, 6.45) is -4.97. The summed E-state index contributed by atoms with van der Waals surface area (Å²) in [4.78, 5) is 41.0. The number of hydrogen-bond acceptors (Lipinski definition) is 7. The van der Waals surface area contributed by atoms with E-state index in [-0.39, 0.29) is 17.7 Å². The molecule has 28 heavy (non-hydrogen) atoms. The molecule has 2 rings (SSSR count). The number of aliphatic hydroxyl groups is 1. The predicted molar refractivity (Wildman–Crippen MR) is 88.5 cm³/mol. The third kappa shape index (κ3) is 3.39. The molecule has 1 aliphatic rings. The number of Topliss-reactive ketones (excluding diaryl/α,β-unsaturated/α-hetero) is 2. The molecule has 0 spiro atoms. The first-order valence-electron chi connectivity index (χ1n) is 8.11. The first kappa shape index (κ1) is 21.5. The highest BCUT2D eigenvalue weighted by atomic mass is 19.4. The maximum atomic E-state index is 12.9. The number of esters is 1. The van der Waals surface area contributed by atoms with Crippen LogP contribution in [0, 0.1) is 12.8 Å². The molecule has 10 heteroatoms. The van der Waals surface area contributed by atoms with Gasteiger partial charge in [-0.1, -0.05) is 6.92 Å². The topological polar surface area (TPSA) is 103 Å². The van der Waals surface area contributed by atoms with E-state index in [9.17, 15) is 32.7 Å². The number of hydrogen-bond donors (Lipinski definition) is 1. The number of carbonyl (C=O) groups excluding carboxylic acids is 3. The molecule has 0 saturated heterocycles. The summed E-state index contributed by atoms with van der Waals surface area (Å²) in [5.74, 6) is -4.67. The number of aliphatic hydroxyl groups excluding tert-OH is 1. The molecule has 2 unspecified atom stereocenters. The van der Waals surface area contributed by atoms with Gasteiger partial charge in [0.05, 0.1) is 7.11 Å². The van der Waals surface area contributed by atoms with Gasteiger partial charge in [0.25, 0.3) is 0 Å². The zero-order valence-electron chi connectivity index (χ0n) is 15.5. The van der Waals surface area contributed by atoms with Crippen LogP contribution in [0.3, 0.4) is 0 Å². The minimum atomic E-state index is -4.71. The molecule has 0 aliphatic heterocycles. The Bertz CT molecular complexity index is 877. The van der Waals surface area contributed by atoms with E-state index >= 15 is 0 Å². The molecular formula is C18H18F3NO6. The second kappa shape index (κ2) is 7.34. The first-order chi connectivity index (χ1) is 12.9. The van der Waals surface area contributed by atoms with Crippen molar-refractivity contribution in [1.82, 2.24) is 4.98 Å². The van der Waals surface area contributed by atoms with Crippen LogP contribution < -0.4 is 0 Å². The van der Waals surface area contributed by atoms with Crippen molar-refractivity contribution < 1.29 is 42.1 Å². The highest BCUT2D eigenvalue weighted by Crippen LogP contribution is 2.39. The second-order valence-corrected chi connectivity index (χ2v) is 6.37. The molecule has 1 aromatic rings. The number of nitrogens with zero attached hydrogens (tertiary/aromatic N) is 1. The Morgan fingerprint density at radius 1 is 1.29 bits per heavy atom. The molecule has 7 nitrogen and oxygen atoms in total. The predicted octanol–water partition coefficient (Wildman–Crippen LogP) is 2.57. The van der Waals surface area contributed by atoms with Crippen LogP contribution in [-0.2, 0) is 25.2 Å².